The highest BCUT2D eigenvalue weighted by Gasteiger charge is 2.13. The fourth-order valence-corrected chi connectivity index (χ4v) is 2.70. The first-order valence-corrected chi connectivity index (χ1v) is 7.39. The number of pyridine rings is 1. The largest absolute Gasteiger partial charge is 0.497 e. The predicted octanol–water partition coefficient (Wildman–Crippen LogP) is 4.43. The van der Waals surface area contributed by atoms with Gasteiger partial charge in [-0.05, 0) is 35.7 Å². The lowest BCUT2D eigenvalue weighted by Gasteiger charge is -2.14. The van der Waals surface area contributed by atoms with Crippen LogP contribution in [0.15, 0.2) is 36.7 Å². The van der Waals surface area contributed by atoms with Crippen molar-refractivity contribution >= 4 is 27.5 Å². The molecule has 1 heterocycles. The molecule has 0 N–H and O–H groups in total. The van der Waals surface area contributed by atoms with E-state index < -0.39 is 0 Å². The Hall–Kier alpha value is -1.26. The zero-order valence-electron chi connectivity index (χ0n) is 11.3. The van der Waals surface area contributed by atoms with Gasteiger partial charge in [0.15, 0.2) is 0 Å². The number of hydrogen-bond acceptors (Lipinski definition) is 3. The first-order chi connectivity index (χ1) is 9.63. The van der Waals surface area contributed by atoms with E-state index in [1.807, 2.05) is 24.3 Å². The summed E-state index contributed by atoms with van der Waals surface area (Å²) in [6, 6.07) is 7.74. The standard InChI is InChI=1S/C15H15BrClNO2/c1-19-12-5-11(6-13(8-12)20-2)14(16)7-10-3-4-18-9-15(10)17/h3-6,8-9,14H,7H2,1-2H3. The topological polar surface area (TPSA) is 31.4 Å². The average Bonchev–Trinajstić information content (AvgIpc) is 2.48. The first-order valence-electron chi connectivity index (χ1n) is 6.09. The summed E-state index contributed by atoms with van der Waals surface area (Å²) in [7, 11) is 3.28. The molecule has 2 rings (SSSR count). The van der Waals surface area contributed by atoms with E-state index in [2.05, 4.69) is 20.9 Å². The third-order valence-electron chi connectivity index (χ3n) is 2.99. The second-order valence-corrected chi connectivity index (χ2v) is 5.80. The third-order valence-corrected chi connectivity index (χ3v) is 4.18. The van der Waals surface area contributed by atoms with Gasteiger partial charge in [0.2, 0.25) is 0 Å². The van der Waals surface area contributed by atoms with Crippen molar-refractivity contribution in [2.24, 2.45) is 0 Å². The monoisotopic (exact) mass is 355 g/mol. The molecule has 0 bridgehead atoms. The Morgan fingerprint density at radius 3 is 2.40 bits per heavy atom. The van der Waals surface area contributed by atoms with Gasteiger partial charge in [0, 0.05) is 23.3 Å². The maximum absolute atomic E-state index is 6.14. The summed E-state index contributed by atoms with van der Waals surface area (Å²) in [6.07, 6.45) is 4.16. The highest BCUT2D eigenvalue weighted by atomic mass is 79.9. The van der Waals surface area contributed by atoms with Crippen molar-refractivity contribution in [1.82, 2.24) is 4.98 Å². The minimum Gasteiger partial charge on any atom is -0.497 e. The van der Waals surface area contributed by atoms with Crippen LogP contribution >= 0.6 is 27.5 Å². The smallest absolute Gasteiger partial charge is 0.122 e. The van der Waals surface area contributed by atoms with Crippen molar-refractivity contribution in [3.05, 3.63) is 52.8 Å². The molecule has 5 heteroatoms. The maximum atomic E-state index is 6.14. The number of benzene rings is 1. The van der Waals surface area contributed by atoms with Crippen molar-refractivity contribution in [1.29, 1.82) is 0 Å². The van der Waals surface area contributed by atoms with Crippen LogP contribution in [0.1, 0.15) is 16.0 Å². The molecule has 3 nitrogen and oxygen atoms in total. The summed E-state index contributed by atoms with van der Waals surface area (Å²) < 4.78 is 10.6. The predicted molar refractivity (Wildman–Crippen MR) is 84.2 cm³/mol. The fraction of sp³-hybridized carbons (Fsp3) is 0.267. The van der Waals surface area contributed by atoms with Crippen LogP contribution in [0.25, 0.3) is 0 Å². The number of rotatable bonds is 5. The molecule has 1 unspecified atom stereocenters. The third kappa shape index (κ3) is 3.64. The van der Waals surface area contributed by atoms with Crippen LogP contribution in [0, 0.1) is 0 Å². The Balaban J connectivity index is 2.24. The molecule has 20 heavy (non-hydrogen) atoms. The van der Waals surface area contributed by atoms with Crippen LogP contribution in [0.5, 0.6) is 11.5 Å². The molecule has 106 valence electrons. The molecular formula is C15H15BrClNO2. The van der Waals surface area contributed by atoms with E-state index in [0.717, 1.165) is 29.0 Å². The fourth-order valence-electron chi connectivity index (χ4n) is 1.89. The Kier molecular flexibility index (Phi) is 5.26. The van der Waals surface area contributed by atoms with Gasteiger partial charge in [-0.2, -0.15) is 0 Å². The van der Waals surface area contributed by atoms with Crippen molar-refractivity contribution in [2.75, 3.05) is 14.2 Å². The van der Waals surface area contributed by atoms with Gasteiger partial charge in [-0.3, -0.25) is 4.98 Å². The zero-order valence-corrected chi connectivity index (χ0v) is 13.6. The van der Waals surface area contributed by atoms with E-state index in [4.69, 9.17) is 21.1 Å². The molecular weight excluding hydrogens is 342 g/mol. The molecule has 2 aromatic rings. The highest BCUT2D eigenvalue weighted by Crippen LogP contribution is 2.34. The average molecular weight is 357 g/mol. The Labute approximate surface area is 132 Å². The van der Waals surface area contributed by atoms with Crippen LogP contribution in [-0.2, 0) is 6.42 Å². The van der Waals surface area contributed by atoms with Crippen molar-refractivity contribution in [2.45, 2.75) is 11.2 Å². The molecule has 1 atom stereocenters. The summed E-state index contributed by atoms with van der Waals surface area (Å²) in [4.78, 5) is 4.11. The van der Waals surface area contributed by atoms with E-state index in [9.17, 15) is 0 Å². The molecule has 0 radical (unpaired) electrons. The molecule has 0 fully saturated rings. The summed E-state index contributed by atoms with van der Waals surface area (Å²) >= 11 is 9.83. The molecule has 1 aromatic carbocycles. The van der Waals surface area contributed by atoms with Gasteiger partial charge in [0.25, 0.3) is 0 Å². The van der Waals surface area contributed by atoms with Gasteiger partial charge >= 0.3 is 0 Å². The van der Waals surface area contributed by atoms with Crippen LogP contribution in [0.2, 0.25) is 5.02 Å². The van der Waals surface area contributed by atoms with Crippen molar-refractivity contribution in [3.8, 4) is 11.5 Å². The van der Waals surface area contributed by atoms with E-state index in [1.165, 1.54) is 0 Å². The minimum atomic E-state index is 0.117. The number of methoxy groups -OCH3 is 2. The number of alkyl halides is 1. The second kappa shape index (κ2) is 6.95. The molecule has 0 aliphatic heterocycles. The van der Waals surface area contributed by atoms with Gasteiger partial charge in [-0.15, -0.1) is 0 Å². The van der Waals surface area contributed by atoms with E-state index in [-0.39, 0.29) is 4.83 Å². The van der Waals surface area contributed by atoms with Gasteiger partial charge in [-0.25, -0.2) is 0 Å². The summed E-state index contributed by atoms with van der Waals surface area (Å²) in [5, 5.41) is 0.673. The normalized spacial score (nSPS) is 12.0. The van der Waals surface area contributed by atoms with Crippen LogP contribution in [0.3, 0.4) is 0 Å². The SMILES string of the molecule is COc1cc(OC)cc(C(Br)Cc2ccncc2Cl)c1. The van der Waals surface area contributed by atoms with Crippen molar-refractivity contribution < 1.29 is 9.47 Å². The van der Waals surface area contributed by atoms with Crippen LogP contribution < -0.4 is 9.47 Å². The Bertz CT molecular complexity index is 570. The van der Waals surface area contributed by atoms with Crippen molar-refractivity contribution in [3.63, 3.8) is 0 Å². The quantitative estimate of drug-likeness (QED) is 0.743. The maximum Gasteiger partial charge on any atom is 0.122 e. The van der Waals surface area contributed by atoms with Gasteiger partial charge < -0.3 is 9.47 Å². The zero-order chi connectivity index (χ0) is 14.5. The van der Waals surface area contributed by atoms with Gasteiger partial charge in [0.05, 0.1) is 19.2 Å². The molecule has 0 saturated carbocycles. The van der Waals surface area contributed by atoms with E-state index in [1.54, 1.807) is 26.6 Å². The van der Waals surface area contributed by atoms with Crippen LogP contribution in [0.4, 0.5) is 0 Å². The highest BCUT2D eigenvalue weighted by molar-refractivity contribution is 9.09. The molecule has 0 aliphatic rings. The number of ether oxygens (including phenoxy) is 2. The lowest BCUT2D eigenvalue weighted by molar-refractivity contribution is 0.393. The van der Waals surface area contributed by atoms with E-state index in [0.29, 0.717) is 5.02 Å². The lowest BCUT2D eigenvalue weighted by Crippen LogP contribution is -1.98. The Morgan fingerprint density at radius 2 is 1.85 bits per heavy atom. The molecule has 0 aliphatic carbocycles. The number of halogens is 2. The van der Waals surface area contributed by atoms with Crippen LogP contribution in [-0.4, -0.2) is 19.2 Å². The lowest BCUT2D eigenvalue weighted by atomic mass is 10.0. The summed E-state index contributed by atoms with van der Waals surface area (Å²) in [5.41, 5.74) is 2.12. The first kappa shape index (κ1) is 15.1. The minimum absolute atomic E-state index is 0.117. The number of nitrogens with zero attached hydrogens (tertiary/aromatic N) is 1. The van der Waals surface area contributed by atoms with Gasteiger partial charge in [0.1, 0.15) is 11.5 Å². The van der Waals surface area contributed by atoms with Gasteiger partial charge in [-0.1, -0.05) is 27.5 Å². The van der Waals surface area contributed by atoms with E-state index >= 15 is 0 Å². The second-order valence-electron chi connectivity index (χ2n) is 4.28. The number of hydrogen-bond donors (Lipinski definition) is 0. The molecule has 0 saturated heterocycles. The molecule has 0 amide bonds. The summed E-state index contributed by atoms with van der Waals surface area (Å²) in [5.74, 6) is 1.54. The Morgan fingerprint density at radius 1 is 1.20 bits per heavy atom. The molecule has 1 aromatic heterocycles. The summed E-state index contributed by atoms with van der Waals surface area (Å²) in [6.45, 7) is 0. The number of aromatic nitrogens is 1. The molecule has 0 spiro atoms.